The summed E-state index contributed by atoms with van der Waals surface area (Å²) in [5.41, 5.74) is 10.2. The van der Waals surface area contributed by atoms with E-state index in [1.807, 2.05) is 0 Å². The van der Waals surface area contributed by atoms with E-state index in [0.717, 1.165) is 24.8 Å². The quantitative estimate of drug-likeness (QED) is 0.472. The number of benzene rings is 3. The highest BCUT2D eigenvalue weighted by Crippen LogP contribution is 2.51. The molecule has 3 aromatic carbocycles. The first kappa shape index (κ1) is 19.3. The third-order valence-corrected chi connectivity index (χ3v) is 7.51. The normalized spacial score (nSPS) is 21.5. The number of hydrogen-bond donors (Lipinski definition) is 0. The minimum absolute atomic E-state index is 0.0570. The predicted molar refractivity (Wildman–Crippen MR) is 124 cm³/mol. The fourth-order valence-electron chi connectivity index (χ4n) is 6.23. The first-order valence-electron chi connectivity index (χ1n) is 11.2. The second kappa shape index (κ2) is 6.67. The summed E-state index contributed by atoms with van der Waals surface area (Å²) in [6, 6.07) is 22.0. The smallest absolute Gasteiger partial charge is 0.148 e. The molecule has 1 atom stereocenters. The van der Waals surface area contributed by atoms with E-state index in [9.17, 15) is 4.79 Å². The molecule has 2 aliphatic rings. The number of ketones is 1. The number of carbonyl (C=O) groups is 1. The van der Waals surface area contributed by atoms with Gasteiger partial charge in [-0.25, -0.2) is 0 Å². The molecule has 1 heteroatoms. The van der Waals surface area contributed by atoms with E-state index in [2.05, 4.69) is 88.4 Å². The van der Waals surface area contributed by atoms with E-state index < -0.39 is 5.41 Å². The number of fused-ring (bicyclic) bond motifs is 5. The lowest BCUT2D eigenvalue weighted by Gasteiger charge is -2.43. The minimum Gasteiger partial charge on any atom is -0.298 e. The van der Waals surface area contributed by atoms with Crippen molar-refractivity contribution in [3.05, 3.63) is 94.0 Å². The Morgan fingerprint density at radius 2 is 1.70 bits per heavy atom. The van der Waals surface area contributed by atoms with Crippen molar-refractivity contribution in [1.82, 2.24) is 0 Å². The number of hydrogen-bond acceptors (Lipinski definition) is 1. The first-order valence-corrected chi connectivity index (χ1v) is 11.2. The van der Waals surface area contributed by atoms with Gasteiger partial charge in [0.15, 0.2) is 0 Å². The maximum absolute atomic E-state index is 13.5. The van der Waals surface area contributed by atoms with E-state index in [4.69, 9.17) is 0 Å². The lowest BCUT2D eigenvalue weighted by Crippen LogP contribution is -2.42. The van der Waals surface area contributed by atoms with Gasteiger partial charge in [0.2, 0.25) is 0 Å². The molecule has 152 valence electrons. The molecule has 0 N–H and O–H groups in total. The fourth-order valence-corrected chi connectivity index (χ4v) is 6.23. The van der Waals surface area contributed by atoms with Crippen LogP contribution in [0.4, 0.5) is 0 Å². The van der Waals surface area contributed by atoms with Crippen LogP contribution in [0.3, 0.4) is 0 Å². The van der Waals surface area contributed by atoms with E-state index in [0.29, 0.717) is 12.2 Å². The van der Waals surface area contributed by atoms with Crippen LogP contribution < -0.4 is 0 Å². The number of rotatable bonds is 2. The van der Waals surface area contributed by atoms with E-state index >= 15 is 0 Å². The third kappa shape index (κ3) is 2.57. The Bertz CT molecular complexity index is 1170. The molecule has 0 fully saturated rings. The van der Waals surface area contributed by atoms with Gasteiger partial charge in [0.25, 0.3) is 0 Å². The Kier molecular flexibility index (Phi) is 4.29. The molecule has 3 aromatic rings. The van der Waals surface area contributed by atoms with E-state index in [1.165, 1.54) is 38.9 Å². The summed E-state index contributed by atoms with van der Waals surface area (Å²) in [5.74, 6) is 0.372. The van der Waals surface area contributed by atoms with Gasteiger partial charge in [-0.3, -0.25) is 4.79 Å². The lowest BCUT2D eigenvalue weighted by molar-refractivity contribution is -0.123. The van der Waals surface area contributed by atoms with Gasteiger partial charge in [-0.2, -0.15) is 0 Å². The van der Waals surface area contributed by atoms with Gasteiger partial charge in [0, 0.05) is 6.42 Å². The van der Waals surface area contributed by atoms with Crippen molar-refractivity contribution in [3.63, 3.8) is 0 Å². The summed E-state index contributed by atoms with van der Waals surface area (Å²) < 4.78 is 0. The molecule has 0 saturated carbocycles. The standard InChI is InChI=1S/C29H30O/c1-5-29(21-11-8-9-19(2)17-21)25-15-13-23-22-12-7-6-10-20(22)18-28(3,4)27(23)24(25)14-16-26(29)30/h6-13,15,17H,5,14,16,18H2,1-4H3. The van der Waals surface area contributed by atoms with Gasteiger partial charge in [0.05, 0.1) is 5.41 Å². The van der Waals surface area contributed by atoms with Crippen LogP contribution in [0.5, 0.6) is 0 Å². The van der Waals surface area contributed by atoms with Gasteiger partial charge in [-0.1, -0.05) is 87.0 Å². The van der Waals surface area contributed by atoms with Crippen LogP contribution >= 0.6 is 0 Å². The van der Waals surface area contributed by atoms with Crippen LogP contribution in [-0.4, -0.2) is 5.78 Å². The molecule has 0 saturated heterocycles. The van der Waals surface area contributed by atoms with Crippen molar-refractivity contribution in [2.75, 3.05) is 0 Å². The van der Waals surface area contributed by atoms with Crippen molar-refractivity contribution in [2.45, 2.75) is 64.2 Å². The molecular formula is C29H30O. The van der Waals surface area contributed by atoms with Gasteiger partial charge in [0.1, 0.15) is 5.78 Å². The topological polar surface area (TPSA) is 17.1 Å². The highest BCUT2D eigenvalue weighted by Gasteiger charge is 2.46. The largest absolute Gasteiger partial charge is 0.298 e. The molecule has 2 aliphatic carbocycles. The third-order valence-electron chi connectivity index (χ3n) is 7.51. The van der Waals surface area contributed by atoms with Crippen LogP contribution in [0.25, 0.3) is 11.1 Å². The van der Waals surface area contributed by atoms with E-state index in [1.54, 1.807) is 0 Å². The van der Waals surface area contributed by atoms with Crippen molar-refractivity contribution in [1.29, 1.82) is 0 Å². The van der Waals surface area contributed by atoms with Crippen LogP contribution in [-0.2, 0) is 28.5 Å². The zero-order valence-electron chi connectivity index (χ0n) is 18.5. The SMILES string of the molecule is CCC1(c2cccc(C)c2)C(=O)CCc2c1ccc1c2C(C)(C)Cc2ccccc2-1. The molecule has 0 heterocycles. The summed E-state index contributed by atoms with van der Waals surface area (Å²) in [6.45, 7) is 9.04. The molecule has 1 unspecified atom stereocenters. The zero-order chi connectivity index (χ0) is 21.1. The minimum atomic E-state index is -0.526. The van der Waals surface area contributed by atoms with Gasteiger partial charge in [-0.05, 0) is 70.5 Å². The van der Waals surface area contributed by atoms with Crippen LogP contribution in [0.1, 0.15) is 67.0 Å². The van der Waals surface area contributed by atoms with Crippen molar-refractivity contribution in [3.8, 4) is 11.1 Å². The maximum Gasteiger partial charge on any atom is 0.148 e. The molecule has 0 spiro atoms. The average molecular weight is 395 g/mol. The molecule has 1 nitrogen and oxygen atoms in total. The van der Waals surface area contributed by atoms with E-state index in [-0.39, 0.29) is 5.41 Å². The van der Waals surface area contributed by atoms with Gasteiger partial charge >= 0.3 is 0 Å². The number of Topliss-reactive ketones (excluding diaryl/α,β-unsaturated/α-hetero) is 1. The molecule has 0 bridgehead atoms. The summed E-state index contributed by atoms with van der Waals surface area (Å²) in [7, 11) is 0. The van der Waals surface area contributed by atoms with Crippen molar-refractivity contribution in [2.24, 2.45) is 0 Å². The van der Waals surface area contributed by atoms with Crippen molar-refractivity contribution >= 4 is 5.78 Å². The molecule has 5 rings (SSSR count). The Hall–Kier alpha value is -2.67. The summed E-state index contributed by atoms with van der Waals surface area (Å²) in [5, 5.41) is 0. The zero-order valence-corrected chi connectivity index (χ0v) is 18.5. The second-order valence-electron chi connectivity index (χ2n) is 9.78. The van der Waals surface area contributed by atoms with Crippen LogP contribution in [0.15, 0.2) is 60.7 Å². The number of aryl methyl sites for hydroxylation is 1. The first-order chi connectivity index (χ1) is 14.4. The molecule has 30 heavy (non-hydrogen) atoms. The Morgan fingerprint density at radius 3 is 2.47 bits per heavy atom. The predicted octanol–water partition coefficient (Wildman–Crippen LogP) is 6.71. The molecule has 0 amide bonds. The van der Waals surface area contributed by atoms with Gasteiger partial charge in [-0.15, -0.1) is 0 Å². The highest BCUT2D eigenvalue weighted by molar-refractivity contribution is 5.97. The van der Waals surface area contributed by atoms with Crippen molar-refractivity contribution < 1.29 is 4.79 Å². The van der Waals surface area contributed by atoms with Gasteiger partial charge < -0.3 is 0 Å². The monoisotopic (exact) mass is 394 g/mol. The molecule has 0 aromatic heterocycles. The Balaban J connectivity index is 1.83. The second-order valence-corrected chi connectivity index (χ2v) is 9.78. The molecule has 0 radical (unpaired) electrons. The average Bonchev–Trinajstić information content (AvgIpc) is 2.73. The van der Waals surface area contributed by atoms with Crippen LogP contribution in [0.2, 0.25) is 0 Å². The molecular weight excluding hydrogens is 364 g/mol. The summed E-state index contributed by atoms with van der Waals surface area (Å²) >= 11 is 0. The number of carbonyl (C=O) groups excluding carboxylic acids is 1. The Labute approximate surface area is 180 Å². The van der Waals surface area contributed by atoms with Crippen LogP contribution in [0, 0.1) is 6.92 Å². The summed E-state index contributed by atoms with van der Waals surface area (Å²) in [6.07, 6.45) is 3.34. The lowest BCUT2D eigenvalue weighted by atomic mass is 9.59. The highest BCUT2D eigenvalue weighted by atomic mass is 16.1. The Morgan fingerprint density at radius 1 is 0.900 bits per heavy atom. The summed E-state index contributed by atoms with van der Waals surface area (Å²) in [4.78, 5) is 13.5. The molecule has 0 aliphatic heterocycles. The maximum atomic E-state index is 13.5. The fraction of sp³-hybridized carbons (Fsp3) is 0.345.